The van der Waals surface area contributed by atoms with Gasteiger partial charge in [-0.05, 0) is 30.0 Å². The standard InChI is InChI=1S/C14H17BrN2O2/c1-3-8(2)6-10(15)9-4-5-11-12(7-9)17-14(19)13(18)16-11/h4-5,7-8,10H,3,6H2,1-2H3,(H,16,18)(H,17,19). The van der Waals surface area contributed by atoms with Gasteiger partial charge in [0.25, 0.3) is 0 Å². The Hall–Kier alpha value is -1.36. The summed E-state index contributed by atoms with van der Waals surface area (Å²) in [4.78, 5) is 28.0. The summed E-state index contributed by atoms with van der Waals surface area (Å²) in [5, 5.41) is 0. The highest BCUT2D eigenvalue weighted by Crippen LogP contribution is 2.31. The van der Waals surface area contributed by atoms with E-state index < -0.39 is 11.1 Å². The Morgan fingerprint density at radius 2 is 1.79 bits per heavy atom. The number of hydrogen-bond donors (Lipinski definition) is 2. The maximum absolute atomic E-state index is 11.3. The van der Waals surface area contributed by atoms with Crippen LogP contribution in [-0.4, -0.2) is 9.97 Å². The van der Waals surface area contributed by atoms with E-state index in [2.05, 4.69) is 39.7 Å². The highest BCUT2D eigenvalue weighted by molar-refractivity contribution is 9.09. The first-order valence-electron chi connectivity index (χ1n) is 6.41. The van der Waals surface area contributed by atoms with Gasteiger partial charge in [-0.25, -0.2) is 0 Å². The van der Waals surface area contributed by atoms with Crippen LogP contribution in [0.5, 0.6) is 0 Å². The molecule has 5 heteroatoms. The van der Waals surface area contributed by atoms with E-state index >= 15 is 0 Å². The molecule has 1 heterocycles. The highest BCUT2D eigenvalue weighted by Gasteiger charge is 2.12. The first kappa shape index (κ1) is 14.1. The number of halogens is 1. The number of H-pyrrole nitrogens is 2. The maximum atomic E-state index is 11.3. The molecule has 2 aromatic rings. The molecule has 2 N–H and O–H groups in total. The molecule has 0 aliphatic carbocycles. The third-order valence-electron chi connectivity index (χ3n) is 3.41. The molecule has 19 heavy (non-hydrogen) atoms. The lowest BCUT2D eigenvalue weighted by Gasteiger charge is -2.15. The van der Waals surface area contributed by atoms with Crippen LogP contribution < -0.4 is 11.1 Å². The molecule has 0 saturated heterocycles. The minimum absolute atomic E-state index is 0.252. The molecule has 1 aromatic heterocycles. The average Bonchev–Trinajstić information content (AvgIpc) is 2.39. The predicted molar refractivity (Wildman–Crippen MR) is 80.9 cm³/mol. The average molecular weight is 325 g/mol. The van der Waals surface area contributed by atoms with Gasteiger partial charge in [-0.15, -0.1) is 0 Å². The van der Waals surface area contributed by atoms with Crippen LogP contribution in [-0.2, 0) is 0 Å². The van der Waals surface area contributed by atoms with Crippen molar-refractivity contribution in [2.45, 2.75) is 31.5 Å². The zero-order valence-electron chi connectivity index (χ0n) is 11.0. The number of nitrogens with one attached hydrogen (secondary N) is 2. The summed E-state index contributed by atoms with van der Waals surface area (Å²) in [6, 6.07) is 5.71. The van der Waals surface area contributed by atoms with Crippen LogP contribution in [0.15, 0.2) is 27.8 Å². The molecular weight excluding hydrogens is 308 g/mol. The Labute approximate surface area is 119 Å². The molecular formula is C14H17BrN2O2. The van der Waals surface area contributed by atoms with Crippen molar-refractivity contribution in [3.63, 3.8) is 0 Å². The van der Waals surface area contributed by atoms with Crippen molar-refractivity contribution in [2.75, 3.05) is 0 Å². The minimum atomic E-state index is -0.616. The van der Waals surface area contributed by atoms with E-state index in [-0.39, 0.29) is 4.83 Å². The van der Waals surface area contributed by atoms with Crippen LogP contribution in [0, 0.1) is 5.92 Å². The van der Waals surface area contributed by atoms with Crippen LogP contribution in [0.3, 0.4) is 0 Å². The Bertz CT molecular complexity index is 690. The molecule has 1 aromatic carbocycles. The topological polar surface area (TPSA) is 65.7 Å². The van der Waals surface area contributed by atoms with E-state index in [4.69, 9.17) is 0 Å². The fraction of sp³-hybridized carbons (Fsp3) is 0.429. The molecule has 0 spiro atoms. The summed E-state index contributed by atoms with van der Waals surface area (Å²) in [5.74, 6) is 0.634. The van der Waals surface area contributed by atoms with Gasteiger partial charge < -0.3 is 9.97 Å². The SMILES string of the molecule is CCC(C)CC(Br)c1ccc2[nH]c(=O)c(=O)[nH]c2c1. The van der Waals surface area contributed by atoms with Gasteiger partial charge in [0.05, 0.1) is 11.0 Å². The molecule has 2 atom stereocenters. The summed E-state index contributed by atoms with van der Waals surface area (Å²) in [5.41, 5.74) is 1.19. The quantitative estimate of drug-likeness (QED) is 0.670. The summed E-state index contributed by atoms with van der Waals surface area (Å²) in [7, 11) is 0. The fourth-order valence-corrected chi connectivity index (χ4v) is 2.91. The number of aromatic amines is 2. The lowest BCUT2D eigenvalue weighted by Crippen LogP contribution is -2.28. The number of rotatable bonds is 4. The van der Waals surface area contributed by atoms with Gasteiger partial charge in [0.1, 0.15) is 0 Å². The second-order valence-electron chi connectivity index (χ2n) is 4.93. The van der Waals surface area contributed by atoms with Crippen molar-refractivity contribution < 1.29 is 0 Å². The molecule has 0 fully saturated rings. The van der Waals surface area contributed by atoms with Crippen LogP contribution in [0.1, 0.15) is 37.1 Å². The lowest BCUT2D eigenvalue weighted by molar-refractivity contribution is 0.514. The Morgan fingerprint density at radius 1 is 1.16 bits per heavy atom. The molecule has 0 saturated carbocycles. The van der Waals surface area contributed by atoms with Gasteiger partial charge in [-0.1, -0.05) is 42.3 Å². The normalized spacial score (nSPS) is 14.5. The third kappa shape index (κ3) is 3.15. The highest BCUT2D eigenvalue weighted by atomic mass is 79.9. The van der Waals surface area contributed by atoms with Crippen molar-refractivity contribution in [2.24, 2.45) is 5.92 Å². The summed E-state index contributed by atoms with van der Waals surface area (Å²) in [6.45, 7) is 4.39. The molecule has 0 amide bonds. The molecule has 0 aliphatic heterocycles. The van der Waals surface area contributed by atoms with Gasteiger partial charge in [0.2, 0.25) is 0 Å². The summed E-state index contributed by atoms with van der Waals surface area (Å²) < 4.78 is 0. The van der Waals surface area contributed by atoms with E-state index in [1.807, 2.05) is 18.2 Å². The van der Waals surface area contributed by atoms with Crippen LogP contribution >= 0.6 is 15.9 Å². The zero-order chi connectivity index (χ0) is 14.0. The van der Waals surface area contributed by atoms with Crippen molar-refractivity contribution in [1.82, 2.24) is 9.97 Å². The lowest BCUT2D eigenvalue weighted by atomic mass is 9.99. The van der Waals surface area contributed by atoms with E-state index in [0.29, 0.717) is 17.0 Å². The summed E-state index contributed by atoms with van der Waals surface area (Å²) in [6.07, 6.45) is 2.18. The third-order valence-corrected chi connectivity index (χ3v) is 4.32. The van der Waals surface area contributed by atoms with E-state index in [9.17, 15) is 9.59 Å². The van der Waals surface area contributed by atoms with Crippen LogP contribution in [0.25, 0.3) is 11.0 Å². The molecule has 102 valence electrons. The number of hydrogen-bond acceptors (Lipinski definition) is 2. The Kier molecular flexibility index (Phi) is 4.24. The van der Waals surface area contributed by atoms with Gasteiger partial charge in [0.15, 0.2) is 0 Å². The molecule has 2 rings (SSSR count). The van der Waals surface area contributed by atoms with Crippen LogP contribution in [0.2, 0.25) is 0 Å². The monoisotopic (exact) mass is 324 g/mol. The second kappa shape index (κ2) is 5.74. The molecule has 2 unspecified atom stereocenters. The fourth-order valence-electron chi connectivity index (χ4n) is 1.98. The first-order chi connectivity index (χ1) is 9.01. The van der Waals surface area contributed by atoms with E-state index in [0.717, 1.165) is 18.4 Å². The second-order valence-corrected chi connectivity index (χ2v) is 6.04. The van der Waals surface area contributed by atoms with Crippen LogP contribution in [0.4, 0.5) is 0 Å². The minimum Gasteiger partial charge on any atom is -0.316 e. The van der Waals surface area contributed by atoms with E-state index in [1.54, 1.807) is 0 Å². The van der Waals surface area contributed by atoms with Gasteiger partial charge >= 0.3 is 11.1 Å². The Morgan fingerprint density at radius 3 is 2.42 bits per heavy atom. The van der Waals surface area contributed by atoms with Gasteiger partial charge in [0, 0.05) is 4.83 Å². The van der Waals surface area contributed by atoms with E-state index in [1.165, 1.54) is 0 Å². The number of fused-ring (bicyclic) bond motifs is 1. The molecule has 4 nitrogen and oxygen atoms in total. The first-order valence-corrected chi connectivity index (χ1v) is 7.33. The zero-order valence-corrected chi connectivity index (χ0v) is 12.6. The van der Waals surface area contributed by atoms with Crippen molar-refractivity contribution in [3.05, 3.63) is 44.5 Å². The Balaban J connectivity index is 2.38. The molecule has 0 radical (unpaired) electrons. The van der Waals surface area contributed by atoms with Gasteiger partial charge in [-0.3, -0.25) is 9.59 Å². The maximum Gasteiger partial charge on any atom is 0.314 e. The smallest absolute Gasteiger partial charge is 0.314 e. The number of benzene rings is 1. The number of alkyl halides is 1. The van der Waals surface area contributed by atoms with Crippen molar-refractivity contribution in [3.8, 4) is 0 Å². The molecule has 0 bridgehead atoms. The van der Waals surface area contributed by atoms with Crippen molar-refractivity contribution >= 4 is 27.0 Å². The molecule has 0 aliphatic rings. The number of aromatic nitrogens is 2. The van der Waals surface area contributed by atoms with Gasteiger partial charge in [-0.2, -0.15) is 0 Å². The van der Waals surface area contributed by atoms with Crippen molar-refractivity contribution in [1.29, 1.82) is 0 Å². The summed E-state index contributed by atoms with van der Waals surface area (Å²) >= 11 is 3.68. The largest absolute Gasteiger partial charge is 0.316 e. The predicted octanol–water partition coefficient (Wildman–Crippen LogP) is 3.09.